The predicted octanol–water partition coefficient (Wildman–Crippen LogP) is 2.16. The molecule has 1 aliphatic rings. The van der Waals surface area contributed by atoms with Gasteiger partial charge < -0.3 is 5.11 Å². The van der Waals surface area contributed by atoms with Crippen molar-refractivity contribution < 1.29 is 9.90 Å². The molecule has 0 saturated carbocycles. The third-order valence-electron chi connectivity index (χ3n) is 3.76. The largest absolute Gasteiger partial charge is 0.481 e. The number of hydrogen-bond acceptors (Lipinski definition) is 3. The summed E-state index contributed by atoms with van der Waals surface area (Å²) in [5.74, 6) is 0.0724. The quantitative estimate of drug-likeness (QED) is 0.905. The number of aryl methyl sites for hydroxylation is 2. The number of carbonyl (C=O) groups is 1. The van der Waals surface area contributed by atoms with E-state index in [1.54, 1.807) is 6.33 Å². The Morgan fingerprint density at radius 2 is 2.25 bits per heavy atom. The highest BCUT2D eigenvalue weighted by Crippen LogP contribution is 2.27. The molecule has 1 heterocycles. The first-order valence-electron chi connectivity index (χ1n) is 6.97. The molecule has 0 unspecified atom stereocenters. The molecule has 0 spiro atoms. The maximum absolute atomic E-state index is 10.6. The lowest BCUT2D eigenvalue weighted by molar-refractivity contribution is -0.137. The third-order valence-corrected chi connectivity index (χ3v) is 3.76. The van der Waals surface area contributed by atoms with E-state index in [-0.39, 0.29) is 6.42 Å². The van der Waals surface area contributed by atoms with Gasteiger partial charge in [0.2, 0.25) is 0 Å². The second-order valence-electron chi connectivity index (χ2n) is 5.10. The number of aromatic nitrogens is 3. The standard InChI is InChI=1S/C15H17N3O2/c19-15(20)9-3-8-14-16-10-17-18(14)13-7-2-5-11-4-1-6-12(11)13/h2,5,7,10H,1,3-4,6,8-9H2,(H,19,20). The van der Waals surface area contributed by atoms with E-state index in [0.29, 0.717) is 12.8 Å². The minimum atomic E-state index is -0.767. The summed E-state index contributed by atoms with van der Waals surface area (Å²) in [7, 11) is 0. The summed E-state index contributed by atoms with van der Waals surface area (Å²) in [5, 5.41) is 13.0. The fraction of sp³-hybridized carbons (Fsp3) is 0.400. The zero-order valence-electron chi connectivity index (χ0n) is 11.2. The van der Waals surface area contributed by atoms with Crippen LogP contribution in [0.15, 0.2) is 24.5 Å². The second kappa shape index (κ2) is 5.45. The van der Waals surface area contributed by atoms with Gasteiger partial charge >= 0.3 is 5.97 Å². The van der Waals surface area contributed by atoms with E-state index in [4.69, 9.17) is 5.11 Å². The molecule has 0 atom stereocenters. The topological polar surface area (TPSA) is 68.0 Å². The van der Waals surface area contributed by atoms with Crippen molar-refractivity contribution in [1.29, 1.82) is 0 Å². The highest BCUT2D eigenvalue weighted by Gasteiger charge is 2.17. The minimum Gasteiger partial charge on any atom is -0.481 e. The van der Waals surface area contributed by atoms with Gasteiger partial charge in [-0.15, -0.1) is 0 Å². The van der Waals surface area contributed by atoms with Crippen LogP contribution in [0.25, 0.3) is 5.69 Å². The number of carboxylic acid groups (broad SMARTS) is 1. The molecule has 0 bridgehead atoms. The third kappa shape index (κ3) is 2.43. The van der Waals surface area contributed by atoms with Crippen molar-refractivity contribution in [3.05, 3.63) is 41.5 Å². The van der Waals surface area contributed by atoms with E-state index >= 15 is 0 Å². The Morgan fingerprint density at radius 1 is 1.35 bits per heavy atom. The molecule has 5 heteroatoms. The van der Waals surface area contributed by atoms with Crippen molar-refractivity contribution in [2.24, 2.45) is 0 Å². The van der Waals surface area contributed by atoms with Gasteiger partial charge in [0.1, 0.15) is 12.2 Å². The number of nitrogens with zero attached hydrogens (tertiary/aromatic N) is 3. The van der Waals surface area contributed by atoms with Gasteiger partial charge in [-0.25, -0.2) is 9.67 Å². The van der Waals surface area contributed by atoms with Gasteiger partial charge in [-0.05, 0) is 42.9 Å². The monoisotopic (exact) mass is 271 g/mol. The van der Waals surface area contributed by atoms with Crippen LogP contribution in [0.5, 0.6) is 0 Å². The first-order valence-corrected chi connectivity index (χ1v) is 6.97. The molecule has 5 nitrogen and oxygen atoms in total. The fourth-order valence-corrected chi connectivity index (χ4v) is 2.83. The number of rotatable bonds is 5. The van der Waals surface area contributed by atoms with Crippen molar-refractivity contribution in [3.63, 3.8) is 0 Å². The Balaban J connectivity index is 1.86. The van der Waals surface area contributed by atoms with Crippen LogP contribution in [0.2, 0.25) is 0 Å². The molecule has 0 amide bonds. The van der Waals surface area contributed by atoms with Crippen LogP contribution in [0.4, 0.5) is 0 Å². The molecule has 1 aromatic carbocycles. The number of hydrogen-bond donors (Lipinski definition) is 1. The van der Waals surface area contributed by atoms with Crippen LogP contribution >= 0.6 is 0 Å². The Labute approximate surface area is 117 Å². The van der Waals surface area contributed by atoms with E-state index in [2.05, 4.69) is 28.3 Å². The Morgan fingerprint density at radius 3 is 3.10 bits per heavy atom. The number of aliphatic carboxylic acids is 1. The lowest BCUT2D eigenvalue weighted by Crippen LogP contribution is -2.07. The molecular formula is C15H17N3O2. The lowest BCUT2D eigenvalue weighted by Gasteiger charge is -2.10. The van der Waals surface area contributed by atoms with Crippen LogP contribution in [0, 0.1) is 0 Å². The molecule has 0 fully saturated rings. The van der Waals surface area contributed by atoms with Gasteiger partial charge in [-0.1, -0.05) is 12.1 Å². The van der Waals surface area contributed by atoms with E-state index in [9.17, 15) is 4.79 Å². The van der Waals surface area contributed by atoms with Crippen molar-refractivity contribution in [1.82, 2.24) is 14.8 Å². The Bertz CT molecular complexity index is 634. The highest BCUT2D eigenvalue weighted by molar-refractivity contribution is 5.66. The smallest absolute Gasteiger partial charge is 0.303 e. The number of fused-ring (bicyclic) bond motifs is 1. The molecule has 2 aromatic rings. The zero-order chi connectivity index (χ0) is 13.9. The van der Waals surface area contributed by atoms with Gasteiger partial charge in [-0.3, -0.25) is 4.79 Å². The fourth-order valence-electron chi connectivity index (χ4n) is 2.83. The van der Waals surface area contributed by atoms with Crippen LogP contribution in [-0.4, -0.2) is 25.8 Å². The summed E-state index contributed by atoms with van der Waals surface area (Å²) < 4.78 is 1.87. The molecule has 0 radical (unpaired) electrons. The number of benzene rings is 1. The second-order valence-corrected chi connectivity index (χ2v) is 5.10. The van der Waals surface area contributed by atoms with Gasteiger partial charge in [0.15, 0.2) is 0 Å². The van der Waals surface area contributed by atoms with Crippen molar-refractivity contribution >= 4 is 5.97 Å². The molecule has 1 aromatic heterocycles. The first kappa shape index (κ1) is 12.8. The zero-order valence-corrected chi connectivity index (χ0v) is 11.2. The molecule has 0 aliphatic heterocycles. The highest BCUT2D eigenvalue weighted by atomic mass is 16.4. The summed E-state index contributed by atoms with van der Waals surface area (Å²) in [6, 6.07) is 6.30. The molecule has 1 aliphatic carbocycles. The van der Waals surface area contributed by atoms with Crippen LogP contribution in [0.1, 0.15) is 36.2 Å². The van der Waals surface area contributed by atoms with Gasteiger partial charge in [0, 0.05) is 12.8 Å². The van der Waals surface area contributed by atoms with Gasteiger partial charge in [0.05, 0.1) is 5.69 Å². The molecule has 20 heavy (non-hydrogen) atoms. The van der Waals surface area contributed by atoms with Crippen LogP contribution in [-0.2, 0) is 24.1 Å². The van der Waals surface area contributed by atoms with Crippen molar-refractivity contribution in [2.45, 2.75) is 38.5 Å². The van der Waals surface area contributed by atoms with E-state index < -0.39 is 5.97 Å². The average Bonchev–Trinajstić information content (AvgIpc) is 3.05. The van der Waals surface area contributed by atoms with E-state index in [1.807, 2.05) is 4.68 Å². The Hall–Kier alpha value is -2.17. The lowest BCUT2D eigenvalue weighted by atomic mass is 10.1. The predicted molar refractivity (Wildman–Crippen MR) is 74.0 cm³/mol. The van der Waals surface area contributed by atoms with E-state index in [0.717, 1.165) is 24.4 Å². The maximum atomic E-state index is 10.6. The molecule has 3 rings (SSSR count). The first-order chi connectivity index (χ1) is 9.75. The summed E-state index contributed by atoms with van der Waals surface area (Å²) in [4.78, 5) is 14.9. The maximum Gasteiger partial charge on any atom is 0.303 e. The molecule has 0 saturated heterocycles. The number of carboxylic acids is 1. The van der Waals surface area contributed by atoms with E-state index in [1.165, 1.54) is 17.5 Å². The SMILES string of the molecule is O=C(O)CCCc1ncnn1-c1cccc2c1CCC2. The van der Waals surface area contributed by atoms with Gasteiger partial charge in [0.25, 0.3) is 0 Å². The summed E-state index contributed by atoms with van der Waals surface area (Å²) in [5.41, 5.74) is 3.86. The molecule has 1 N–H and O–H groups in total. The normalized spacial score (nSPS) is 13.4. The van der Waals surface area contributed by atoms with Crippen molar-refractivity contribution in [3.8, 4) is 5.69 Å². The van der Waals surface area contributed by atoms with Crippen molar-refractivity contribution in [2.75, 3.05) is 0 Å². The minimum absolute atomic E-state index is 0.166. The summed E-state index contributed by atoms with van der Waals surface area (Å²) >= 11 is 0. The Kier molecular flexibility index (Phi) is 3.50. The summed E-state index contributed by atoms with van der Waals surface area (Å²) in [6.45, 7) is 0. The summed E-state index contributed by atoms with van der Waals surface area (Å²) in [6.07, 6.45) is 6.34. The molecular weight excluding hydrogens is 254 g/mol. The van der Waals surface area contributed by atoms with Gasteiger partial charge in [-0.2, -0.15) is 5.10 Å². The average molecular weight is 271 g/mol. The van der Waals surface area contributed by atoms with Crippen LogP contribution in [0.3, 0.4) is 0 Å². The van der Waals surface area contributed by atoms with Crippen LogP contribution < -0.4 is 0 Å². The molecule has 104 valence electrons.